The summed E-state index contributed by atoms with van der Waals surface area (Å²) >= 11 is 1.21. The van der Waals surface area contributed by atoms with Crippen LogP contribution in [0.4, 0.5) is 5.13 Å². The molecule has 0 atom stereocenters. The van der Waals surface area contributed by atoms with E-state index in [9.17, 15) is 18.0 Å². The number of hydrogen-bond acceptors (Lipinski definition) is 8. The van der Waals surface area contributed by atoms with Crippen molar-refractivity contribution >= 4 is 48.3 Å². The Balaban J connectivity index is 1.40. The van der Waals surface area contributed by atoms with E-state index in [1.54, 1.807) is 12.1 Å². The average molecular weight is 417 g/mol. The smallest absolute Gasteiger partial charge is 0.274 e. The maximum atomic E-state index is 12.4. The number of aromatic nitrogens is 3. The van der Waals surface area contributed by atoms with Crippen molar-refractivity contribution in [2.45, 2.75) is 4.90 Å². The molecule has 144 valence electrons. The van der Waals surface area contributed by atoms with Gasteiger partial charge in [0, 0.05) is 31.7 Å². The van der Waals surface area contributed by atoms with Crippen molar-refractivity contribution in [2.24, 2.45) is 5.92 Å². The van der Waals surface area contributed by atoms with Crippen LogP contribution in [-0.4, -0.2) is 59.4 Å². The average Bonchev–Trinajstić information content (AvgIpc) is 3.01. The van der Waals surface area contributed by atoms with Crippen LogP contribution >= 0.6 is 11.3 Å². The number of nitrogens with one attached hydrogen (secondary N) is 1. The van der Waals surface area contributed by atoms with Gasteiger partial charge in [-0.1, -0.05) is 11.3 Å². The summed E-state index contributed by atoms with van der Waals surface area (Å²) in [5.74, 6) is -0.824. The van der Waals surface area contributed by atoms with Crippen LogP contribution in [0.2, 0.25) is 0 Å². The molecule has 1 aliphatic heterocycles. The summed E-state index contributed by atoms with van der Waals surface area (Å²) in [6, 6.07) is 4.65. The molecule has 2 aromatic heterocycles. The van der Waals surface area contributed by atoms with Crippen molar-refractivity contribution in [1.82, 2.24) is 19.9 Å². The number of carbonyl (C=O) groups excluding carboxylic acids is 2. The van der Waals surface area contributed by atoms with Crippen LogP contribution in [0.5, 0.6) is 0 Å². The molecule has 0 spiro atoms. The minimum absolute atomic E-state index is 0.207. The molecule has 0 radical (unpaired) electrons. The molecule has 0 unspecified atom stereocenters. The first-order valence-electron chi connectivity index (χ1n) is 8.28. The summed E-state index contributed by atoms with van der Waals surface area (Å²) in [6.07, 6.45) is 5.46. The van der Waals surface area contributed by atoms with Gasteiger partial charge in [-0.2, -0.15) is 0 Å². The van der Waals surface area contributed by atoms with E-state index < -0.39 is 9.84 Å². The van der Waals surface area contributed by atoms with Gasteiger partial charge in [-0.3, -0.25) is 14.6 Å². The van der Waals surface area contributed by atoms with Crippen molar-refractivity contribution < 1.29 is 18.0 Å². The number of fused-ring (bicyclic) bond motifs is 1. The third kappa shape index (κ3) is 3.58. The molecule has 28 heavy (non-hydrogen) atoms. The molecule has 0 aliphatic carbocycles. The van der Waals surface area contributed by atoms with Crippen LogP contribution in [0.25, 0.3) is 10.2 Å². The Labute approximate surface area is 164 Å². The molecule has 1 aliphatic rings. The first kappa shape index (κ1) is 18.4. The van der Waals surface area contributed by atoms with Crippen molar-refractivity contribution in [3.8, 4) is 0 Å². The van der Waals surface area contributed by atoms with Gasteiger partial charge in [0.2, 0.25) is 5.91 Å². The lowest BCUT2D eigenvalue weighted by Crippen LogP contribution is -2.54. The number of sulfone groups is 1. The second kappa shape index (κ2) is 6.91. The second-order valence-electron chi connectivity index (χ2n) is 6.41. The van der Waals surface area contributed by atoms with Crippen LogP contribution in [0.15, 0.2) is 41.7 Å². The number of amides is 2. The summed E-state index contributed by atoms with van der Waals surface area (Å²) in [6.45, 7) is 0.592. The largest absolute Gasteiger partial charge is 0.336 e. The fraction of sp³-hybridized carbons (Fsp3) is 0.235. The van der Waals surface area contributed by atoms with E-state index in [1.807, 2.05) is 0 Å². The number of carbonyl (C=O) groups is 2. The van der Waals surface area contributed by atoms with Gasteiger partial charge in [0.15, 0.2) is 15.0 Å². The predicted molar refractivity (Wildman–Crippen MR) is 103 cm³/mol. The Morgan fingerprint density at radius 3 is 2.71 bits per heavy atom. The Bertz CT molecular complexity index is 1170. The molecule has 3 heterocycles. The first-order chi connectivity index (χ1) is 13.3. The minimum Gasteiger partial charge on any atom is -0.336 e. The van der Waals surface area contributed by atoms with Crippen LogP contribution < -0.4 is 5.32 Å². The van der Waals surface area contributed by atoms with Crippen LogP contribution in [0.3, 0.4) is 0 Å². The van der Waals surface area contributed by atoms with Crippen molar-refractivity contribution in [2.75, 3.05) is 24.7 Å². The van der Waals surface area contributed by atoms with E-state index in [1.165, 1.54) is 40.9 Å². The van der Waals surface area contributed by atoms with Gasteiger partial charge in [0.05, 0.1) is 27.2 Å². The lowest BCUT2D eigenvalue weighted by Gasteiger charge is -2.37. The highest BCUT2D eigenvalue weighted by atomic mass is 32.2. The number of likely N-dealkylation sites (tertiary alicyclic amines) is 1. The monoisotopic (exact) mass is 417 g/mol. The molecule has 0 saturated carbocycles. The molecule has 0 bridgehead atoms. The van der Waals surface area contributed by atoms with Gasteiger partial charge in [0.1, 0.15) is 5.69 Å². The lowest BCUT2D eigenvalue weighted by molar-refractivity contribution is -0.123. The molecule has 1 N–H and O–H groups in total. The number of rotatable bonds is 4. The van der Waals surface area contributed by atoms with E-state index in [-0.39, 0.29) is 28.3 Å². The Morgan fingerprint density at radius 2 is 2.04 bits per heavy atom. The lowest BCUT2D eigenvalue weighted by atomic mass is 9.99. The summed E-state index contributed by atoms with van der Waals surface area (Å²) in [5, 5.41) is 3.14. The normalized spacial score (nSPS) is 14.7. The highest BCUT2D eigenvalue weighted by molar-refractivity contribution is 7.90. The zero-order valence-corrected chi connectivity index (χ0v) is 16.3. The molecule has 3 aromatic rings. The number of nitrogens with zero attached hydrogens (tertiary/aromatic N) is 4. The molecule has 2 amide bonds. The Hall–Kier alpha value is -2.92. The van der Waals surface area contributed by atoms with E-state index in [0.717, 1.165) is 6.26 Å². The van der Waals surface area contributed by atoms with Gasteiger partial charge in [-0.25, -0.2) is 18.4 Å². The highest BCUT2D eigenvalue weighted by Crippen LogP contribution is 2.29. The van der Waals surface area contributed by atoms with Gasteiger partial charge in [-0.05, 0) is 18.2 Å². The molecule has 1 aromatic carbocycles. The first-order valence-corrected chi connectivity index (χ1v) is 11.0. The zero-order valence-electron chi connectivity index (χ0n) is 14.7. The van der Waals surface area contributed by atoms with Crippen LogP contribution in [-0.2, 0) is 14.6 Å². The second-order valence-corrected chi connectivity index (χ2v) is 9.45. The molecule has 11 heteroatoms. The third-order valence-electron chi connectivity index (χ3n) is 4.34. The summed E-state index contributed by atoms with van der Waals surface area (Å²) in [5.41, 5.74) is 0.856. The summed E-state index contributed by atoms with van der Waals surface area (Å²) in [7, 11) is -3.31. The van der Waals surface area contributed by atoms with E-state index >= 15 is 0 Å². The molecule has 1 fully saturated rings. The third-order valence-corrected chi connectivity index (χ3v) is 6.38. The highest BCUT2D eigenvalue weighted by Gasteiger charge is 2.36. The maximum Gasteiger partial charge on any atom is 0.274 e. The van der Waals surface area contributed by atoms with E-state index in [2.05, 4.69) is 20.3 Å². The Morgan fingerprint density at radius 1 is 1.25 bits per heavy atom. The van der Waals surface area contributed by atoms with Crippen molar-refractivity contribution in [1.29, 1.82) is 0 Å². The van der Waals surface area contributed by atoms with Gasteiger partial charge in [0.25, 0.3) is 5.91 Å². The van der Waals surface area contributed by atoms with E-state index in [0.29, 0.717) is 28.4 Å². The quantitative estimate of drug-likeness (QED) is 0.677. The number of thiazole rings is 1. The van der Waals surface area contributed by atoms with Gasteiger partial charge >= 0.3 is 0 Å². The molecule has 9 nitrogen and oxygen atoms in total. The number of benzene rings is 1. The molecular formula is C17H15N5O4S2. The molecule has 4 rings (SSSR count). The SMILES string of the molecule is CS(=O)(=O)c1ccc2nc(NC(=O)C3CN(C(=O)c4cnccn4)C3)sc2c1. The topological polar surface area (TPSA) is 122 Å². The summed E-state index contributed by atoms with van der Waals surface area (Å²) in [4.78, 5) is 38.5. The van der Waals surface area contributed by atoms with Crippen molar-refractivity contribution in [3.63, 3.8) is 0 Å². The van der Waals surface area contributed by atoms with Crippen LogP contribution in [0.1, 0.15) is 10.5 Å². The van der Waals surface area contributed by atoms with Crippen LogP contribution in [0, 0.1) is 5.92 Å². The maximum absolute atomic E-state index is 12.4. The van der Waals surface area contributed by atoms with Crippen molar-refractivity contribution in [3.05, 3.63) is 42.5 Å². The zero-order chi connectivity index (χ0) is 19.9. The van der Waals surface area contributed by atoms with E-state index in [4.69, 9.17) is 0 Å². The van der Waals surface area contributed by atoms with Gasteiger partial charge in [-0.15, -0.1) is 0 Å². The molecule has 1 saturated heterocycles. The minimum atomic E-state index is -3.31. The van der Waals surface area contributed by atoms with Gasteiger partial charge < -0.3 is 10.2 Å². The fourth-order valence-corrected chi connectivity index (χ4v) is 4.41. The standard InChI is InChI=1S/C17H15N5O4S2/c1-28(25,26)11-2-3-12-14(6-11)27-17(20-12)21-15(23)10-8-22(9-10)16(24)13-7-18-4-5-19-13/h2-7,10H,8-9H2,1H3,(H,20,21,23). The number of hydrogen-bond donors (Lipinski definition) is 1. The molecular weight excluding hydrogens is 402 g/mol. The Kier molecular flexibility index (Phi) is 4.55. The number of anilines is 1. The summed E-state index contributed by atoms with van der Waals surface area (Å²) < 4.78 is 24.0. The fourth-order valence-electron chi connectivity index (χ4n) is 2.78. The predicted octanol–water partition coefficient (Wildman–Crippen LogP) is 1.20.